The van der Waals surface area contributed by atoms with Crippen molar-refractivity contribution in [2.24, 2.45) is 0 Å². The highest BCUT2D eigenvalue weighted by atomic mass is 32.2. The van der Waals surface area contributed by atoms with E-state index in [0.29, 0.717) is 5.82 Å². The molecule has 6 nitrogen and oxygen atoms in total. The number of rotatable bonds is 2. The number of hydrogen-bond donors (Lipinski definition) is 1. The quantitative estimate of drug-likeness (QED) is 0.843. The second-order valence-corrected chi connectivity index (χ2v) is 8.27. The van der Waals surface area contributed by atoms with Crippen molar-refractivity contribution in [1.29, 1.82) is 0 Å². The molecule has 4 rings (SSSR count). The summed E-state index contributed by atoms with van der Waals surface area (Å²) in [4.78, 5) is 17.3. The zero-order chi connectivity index (χ0) is 15.6. The van der Waals surface area contributed by atoms with E-state index in [0.717, 1.165) is 35.8 Å². The monoisotopic (exact) mass is 349 g/mol. The first kappa shape index (κ1) is 15.1. The first-order valence-corrected chi connectivity index (χ1v) is 10.0. The topological polar surface area (TPSA) is 74.8 Å². The van der Waals surface area contributed by atoms with Gasteiger partial charge in [0.25, 0.3) is 5.91 Å². The van der Waals surface area contributed by atoms with Crippen LogP contribution in [0.4, 0.5) is 0 Å². The molecule has 0 spiro atoms. The number of fused-ring (bicyclic) bond motifs is 1. The van der Waals surface area contributed by atoms with E-state index in [1.807, 2.05) is 16.7 Å². The van der Waals surface area contributed by atoms with E-state index >= 15 is 0 Å². The Labute approximate surface area is 143 Å². The van der Waals surface area contributed by atoms with Gasteiger partial charge in [-0.05, 0) is 37.3 Å². The summed E-state index contributed by atoms with van der Waals surface area (Å²) < 4.78 is 0. The second kappa shape index (κ2) is 6.60. The highest BCUT2D eigenvalue weighted by Crippen LogP contribution is 2.33. The number of nitrogens with zero attached hydrogens (tertiary/aromatic N) is 4. The molecular weight excluding hydrogens is 330 g/mol. The number of hydrogen-bond acceptors (Lipinski definition) is 6. The van der Waals surface area contributed by atoms with Gasteiger partial charge >= 0.3 is 0 Å². The van der Waals surface area contributed by atoms with Crippen LogP contribution in [0.15, 0.2) is 6.07 Å². The number of thioether (sulfide) groups is 1. The van der Waals surface area contributed by atoms with Crippen LogP contribution in [0, 0.1) is 0 Å². The average Bonchev–Trinajstić information content (AvgIpc) is 3.20. The number of aryl methyl sites for hydroxylation is 2. The summed E-state index contributed by atoms with van der Waals surface area (Å²) in [5, 5.41) is 14.3. The molecule has 0 bridgehead atoms. The maximum absolute atomic E-state index is 13.1. The van der Waals surface area contributed by atoms with Crippen molar-refractivity contribution in [3.05, 3.63) is 27.2 Å². The normalized spacial score (nSPS) is 21.7. The van der Waals surface area contributed by atoms with Crippen LogP contribution in [-0.4, -0.2) is 49.5 Å². The third kappa shape index (κ3) is 3.01. The van der Waals surface area contributed by atoms with E-state index in [2.05, 4.69) is 26.7 Å². The third-order valence-electron chi connectivity index (χ3n) is 4.51. The van der Waals surface area contributed by atoms with Crippen molar-refractivity contribution < 1.29 is 4.79 Å². The number of amides is 1. The van der Waals surface area contributed by atoms with Crippen LogP contribution in [0.5, 0.6) is 0 Å². The fourth-order valence-electron chi connectivity index (χ4n) is 3.29. The van der Waals surface area contributed by atoms with Gasteiger partial charge in [0.2, 0.25) is 0 Å². The van der Waals surface area contributed by atoms with Crippen molar-refractivity contribution >= 4 is 29.0 Å². The van der Waals surface area contributed by atoms with Gasteiger partial charge in [-0.3, -0.25) is 4.79 Å². The summed E-state index contributed by atoms with van der Waals surface area (Å²) in [6.45, 7) is 0.741. The molecule has 23 heavy (non-hydrogen) atoms. The fourth-order valence-corrected chi connectivity index (χ4v) is 5.54. The van der Waals surface area contributed by atoms with Gasteiger partial charge in [-0.15, -0.1) is 21.5 Å². The minimum absolute atomic E-state index is 0.0816. The summed E-state index contributed by atoms with van der Waals surface area (Å²) in [5.74, 6) is 2.53. The Balaban J connectivity index is 1.59. The van der Waals surface area contributed by atoms with Crippen molar-refractivity contribution in [1.82, 2.24) is 25.5 Å². The van der Waals surface area contributed by atoms with E-state index in [4.69, 9.17) is 0 Å². The largest absolute Gasteiger partial charge is 0.326 e. The molecule has 1 aliphatic carbocycles. The lowest BCUT2D eigenvalue weighted by Crippen LogP contribution is -2.41. The highest BCUT2D eigenvalue weighted by molar-refractivity contribution is 7.99. The molecule has 1 fully saturated rings. The SMILES string of the molecule is O=C(c1cc2c(s1)CCCCC2)N1CCSCC1c1nn[nH]n1. The molecule has 2 aromatic rings. The van der Waals surface area contributed by atoms with Crippen LogP contribution < -0.4 is 0 Å². The number of thiophene rings is 1. The number of tetrazole rings is 1. The molecule has 2 aliphatic rings. The van der Waals surface area contributed by atoms with E-state index in [1.165, 1.54) is 29.7 Å². The van der Waals surface area contributed by atoms with Crippen LogP contribution in [0.2, 0.25) is 0 Å². The molecule has 2 aromatic heterocycles. The fraction of sp³-hybridized carbons (Fsp3) is 0.600. The highest BCUT2D eigenvalue weighted by Gasteiger charge is 2.33. The van der Waals surface area contributed by atoms with Crippen molar-refractivity contribution in [3.63, 3.8) is 0 Å². The molecular formula is C15H19N5OS2. The van der Waals surface area contributed by atoms with Crippen LogP contribution in [-0.2, 0) is 12.8 Å². The van der Waals surface area contributed by atoms with Gasteiger partial charge in [0.05, 0.1) is 4.88 Å². The molecule has 122 valence electrons. The summed E-state index contributed by atoms with van der Waals surface area (Å²) in [5.41, 5.74) is 1.39. The molecule has 8 heteroatoms. The van der Waals surface area contributed by atoms with Crippen molar-refractivity contribution in [2.45, 2.75) is 38.1 Å². The van der Waals surface area contributed by atoms with Crippen molar-refractivity contribution in [2.75, 3.05) is 18.1 Å². The number of carbonyl (C=O) groups is 1. The first-order chi connectivity index (χ1) is 11.3. The Morgan fingerprint density at radius 3 is 3.09 bits per heavy atom. The van der Waals surface area contributed by atoms with E-state index in [1.54, 1.807) is 11.3 Å². The Bertz CT molecular complexity index is 661. The van der Waals surface area contributed by atoms with Crippen LogP contribution in [0.3, 0.4) is 0 Å². The van der Waals surface area contributed by atoms with Gasteiger partial charge in [0.15, 0.2) is 5.82 Å². The van der Waals surface area contributed by atoms with Crippen LogP contribution in [0.25, 0.3) is 0 Å². The molecule has 1 unspecified atom stereocenters. The lowest BCUT2D eigenvalue weighted by molar-refractivity contribution is 0.0699. The lowest BCUT2D eigenvalue weighted by Gasteiger charge is -2.33. The maximum Gasteiger partial charge on any atom is 0.264 e. The predicted molar refractivity (Wildman–Crippen MR) is 90.9 cm³/mol. The van der Waals surface area contributed by atoms with Crippen LogP contribution in [0.1, 0.15) is 51.2 Å². The number of carbonyl (C=O) groups excluding carboxylic acids is 1. The molecule has 0 aromatic carbocycles. The van der Waals surface area contributed by atoms with Crippen molar-refractivity contribution in [3.8, 4) is 0 Å². The van der Waals surface area contributed by atoms with Gasteiger partial charge in [-0.1, -0.05) is 11.6 Å². The smallest absolute Gasteiger partial charge is 0.264 e. The van der Waals surface area contributed by atoms with Gasteiger partial charge in [-0.2, -0.15) is 17.0 Å². The zero-order valence-electron chi connectivity index (χ0n) is 12.8. The minimum Gasteiger partial charge on any atom is -0.326 e. The van der Waals surface area contributed by atoms with Gasteiger partial charge < -0.3 is 4.90 Å². The molecule has 1 atom stereocenters. The molecule has 1 N–H and O–H groups in total. The third-order valence-corrected chi connectivity index (χ3v) is 6.75. The zero-order valence-corrected chi connectivity index (χ0v) is 14.5. The molecule has 1 aliphatic heterocycles. The van der Waals surface area contributed by atoms with E-state index in [9.17, 15) is 4.79 Å². The molecule has 0 saturated carbocycles. The van der Waals surface area contributed by atoms with Crippen LogP contribution >= 0.6 is 23.1 Å². The van der Waals surface area contributed by atoms with E-state index in [-0.39, 0.29) is 11.9 Å². The molecule has 1 saturated heterocycles. The Morgan fingerprint density at radius 1 is 1.30 bits per heavy atom. The first-order valence-electron chi connectivity index (χ1n) is 8.06. The standard InChI is InChI=1S/C15H19N5OS2/c21-15(13-8-10-4-2-1-3-5-12(10)23-13)20-6-7-22-9-11(20)14-16-18-19-17-14/h8,11H,1-7,9H2,(H,16,17,18,19). The minimum atomic E-state index is -0.0816. The number of nitrogens with one attached hydrogen (secondary N) is 1. The Kier molecular flexibility index (Phi) is 4.35. The Morgan fingerprint density at radius 2 is 2.22 bits per heavy atom. The summed E-state index contributed by atoms with van der Waals surface area (Å²) in [6.07, 6.45) is 6.02. The van der Waals surface area contributed by atoms with E-state index < -0.39 is 0 Å². The average molecular weight is 349 g/mol. The number of aromatic nitrogens is 4. The second-order valence-electron chi connectivity index (χ2n) is 5.98. The van der Waals surface area contributed by atoms with Gasteiger partial charge in [0.1, 0.15) is 6.04 Å². The lowest BCUT2D eigenvalue weighted by atomic mass is 10.1. The summed E-state index contributed by atoms with van der Waals surface area (Å²) >= 11 is 3.52. The van der Waals surface area contributed by atoms with Gasteiger partial charge in [0, 0.05) is 22.9 Å². The number of aromatic amines is 1. The van der Waals surface area contributed by atoms with Gasteiger partial charge in [-0.25, -0.2) is 0 Å². The maximum atomic E-state index is 13.1. The molecule has 0 radical (unpaired) electrons. The summed E-state index contributed by atoms with van der Waals surface area (Å²) in [6, 6.07) is 2.05. The molecule has 3 heterocycles. The predicted octanol–water partition coefficient (Wildman–Crippen LogP) is 2.46. The number of H-pyrrole nitrogens is 1. The molecule has 1 amide bonds. The Hall–Kier alpha value is -1.41. The summed E-state index contributed by atoms with van der Waals surface area (Å²) in [7, 11) is 0.